The van der Waals surface area contributed by atoms with Gasteiger partial charge in [-0.25, -0.2) is 9.97 Å². The van der Waals surface area contributed by atoms with Crippen LogP contribution in [-0.2, 0) is 4.74 Å². The average Bonchev–Trinajstić information content (AvgIpc) is 3.40. The van der Waals surface area contributed by atoms with Crippen LogP contribution in [0.4, 0.5) is 17.3 Å². The summed E-state index contributed by atoms with van der Waals surface area (Å²) in [6, 6.07) is 8.03. The topological polar surface area (TPSA) is 97.6 Å². The fourth-order valence-corrected chi connectivity index (χ4v) is 6.71. The standard InChI is InChI=1S/C28H38N6O2/c1-17-8-20(12-29)25(10-24(17)19-4-6-28(3,35)7-5-19)32-26-11-27(31-18(2)30-26)34-14-21-9-22(34)13-33(21)23-15-36-16-23/h8,10-12,19,21-23,29,35H,4-7,9,13-16H2,1-3H3,(H,30,31,32). The first-order valence-electron chi connectivity index (χ1n) is 13.4. The third-order valence-electron chi connectivity index (χ3n) is 8.85. The van der Waals surface area contributed by atoms with Crippen molar-refractivity contribution < 1.29 is 9.84 Å². The van der Waals surface area contributed by atoms with E-state index in [9.17, 15) is 5.11 Å². The number of aliphatic hydroxyl groups is 1. The fourth-order valence-electron chi connectivity index (χ4n) is 6.71. The van der Waals surface area contributed by atoms with E-state index in [1.54, 1.807) is 0 Å². The Labute approximate surface area is 213 Å². The van der Waals surface area contributed by atoms with Crippen LogP contribution in [0.3, 0.4) is 0 Å². The third kappa shape index (κ3) is 4.40. The van der Waals surface area contributed by atoms with Gasteiger partial charge < -0.3 is 25.5 Å². The number of likely N-dealkylation sites (tertiary alicyclic amines) is 1. The molecule has 1 aliphatic carbocycles. The minimum atomic E-state index is -0.549. The maximum atomic E-state index is 10.4. The lowest BCUT2D eigenvalue weighted by Crippen LogP contribution is -2.57. The molecule has 1 aromatic carbocycles. The molecular formula is C28H38N6O2. The van der Waals surface area contributed by atoms with Crippen LogP contribution in [0, 0.1) is 19.3 Å². The molecule has 3 saturated heterocycles. The van der Waals surface area contributed by atoms with Crippen molar-refractivity contribution in [3.63, 3.8) is 0 Å². The summed E-state index contributed by atoms with van der Waals surface area (Å²) in [6.45, 7) is 9.86. The number of fused-ring (bicyclic) bond motifs is 2. The van der Waals surface area contributed by atoms with E-state index in [0.717, 1.165) is 80.7 Å². The smallest absolute Gasteiger partial charge is 0.136 e. The van der Waals surface area contributed by atoms with Crippen molar-refractivity contribution in [3.8, 4) is 0 Å². The molecule has 4 aliphatic rings. The first kappa shape index (κ1) is 23.8. The molecular weight excluding hydrogens is 452 g/mol. The van der Waals surface area contributed by atoms with Crippen molar-refractivity contribution in [1.29, 1.82) is 5.41 Å². The highest BCUT2D eigenvalue weighted by Crippen LogP contribution is 2.41. The minimum Gasteiger partial charge on any atom is -0.390 e. The second-order valence-electron chi connectivity index (χ2n) is 11.6. The Balaban J connectivity index is 1.23. The Morgan fingerprint density at radius 3 is 2.50 bits per heavy atom. The summed E-state index contributed by atoms with van der Waals surface area (Å²) in [5, 5.41) is 22.0. The van der Waals surface area contributed by atoms with Crippen LogP contribution >= 0.6 is 0 Å². The molecule has 0 spiro atoms. The average molecular weight is 491 g/mol. The SMILES string of the molecule is Cc1nc(Nc2cc(C3CCC(C)(O)CC3)c(C)cc2C=N)cc(N2CC3CC2CN3C2COC2)n1. The van der Waals surface area contributed by atoms with Gasteiger partial charge in [-0.05, 0) is 82.1 Å². The van der Waals surface area contributed by atoms with Crippen molar-refractivity contribution in [3.05, 3.63) is 40.7 Å². The van der Waals surface area contributed by atoms with Gasteiger partial charge in [0.1, 0.15) is 17.5 Å². The Kier molecular flexibility index (Phi) is 6.01. The molecule has 192 valence electrons. The molecule has 1 aromatic heterocycles. The number of anilines is 3. The van der Waals surface area contributed by atoms with Gasteiger partial charge in [-0.1, -0.05) is 0 Å². The molecule has 0 radical (unpaired) electrons. The summed E-state index contributed by atoms with van der Waals surface area (Å²) in [7, 11) is 0. The summed E-state index contributed by atoms with van der Waals surface area (Å²) in [6.07, 6.45) is 6.21. The zero-order chi connectivity index (χ0) is 25.0. The molecule has 36 heavy (non-hydrogen) atoms. The van der Waals surface area contributed by atoms with E-state index < -0.39 is 5.60 Å². The second-order valence-corrected chi connectivity index (χ2v) is 11.6. The lowest BCUT2D eigenvalue weighted by atomic mass is 9.76. The minimum absolute atomic E-state index is 0.428. The highest BCUT2D eigenvalue weighted by Gasteiger charge is 2.47. The van der Waals surface area contributed by atoms with Gasteiger partial charge in [-0.3, -0.25) is 4.90 Å². The maximum Gasteiger partial charge on any atom is 0.136 e. The van der Waals surface area contributed by atoms with Crippen molar-refractivity contribution in [1.82, 2.24) is 14.9 Å². The third-order valence-corrected chi connectivity index (χ3v) is 8.85. The molecule has 3 N–H and O–H groups in total. The van der Waals surface area contributed by atoms with E-state index in [0.29, 0.717) is 24.0 Å². The lowest BCUT2D eigenvalue weighted by Gasteiger charge is -2.42. The van der Waals surface area contributed by atoms with Crippen molar-refractivity contribution in [2.24, 2.45) is 0 Å². The number of piperazine rings is 1. The number of benzene rings is 1. The first-order valence-corrected chi connectivity index (χ1v) is 13.4. The summed E-state index contributed by atoms with van der Waals surface area (Å²) in [4.78, 5) is 14.6. The maximum absolute atomic E-state index is 10.4. The lowest BCUT2D eigenvalue weighted by molar-refractivity contribution is -0.0708. The number of hydrogen-bond acceptors (Lipinski definition) is 8. The summed E-state index contributed by atoms with van der Waals surface area (Å²) in [5.41, 5.74) is 3.73. The van der Waals surface area contributed by atoms with Gasteiger partial charge >= 0.3 is 0 Å². The Morgan fingerprint density at radius 2 is 1.86 bits per heavy atom. The molecule has 2 bridgehead atoms. The Morgan fingerprint density at radius 1 is 1.08 bits per heavy atom. The number of rotatable bonds is 6. The van der Waals surface area contributed by atoms with Gasteiger partial charge in [-0.15, -0.1) is 0 Å². The first-order chi connectivity index (χ1) is 17.3. The number of aromatic nitrogens is 2. The normalized spacial score (nSPS) is 30.4. The summed E-state index contributed by atoms with van der Waals surface area (Å²) >= 11 is 0. The summed E-state index contributed by atoms with van der Waals surface area (Å²) < 4.78 is 5.43. The van der Waals surface area contributed by atoms with Crippen LogP contribution in [-0.4, -0.2) is 76.2 Å². The van der Waals surface area contributed by atoms with Crippen molar-refractivity contribution in [2.45, 2.75) is 82.5 Å². The molecule has 3 aliphatic heterocycles. The van der Waals surface area contributed by atoms with Gasteiger partial charge in [0.15, 0.2) is 0 Å². The van der Waals surface area contributed by atoms with E-state index >= 15 is 0 Å². The van der Waals surface area contributed by atoms with Gasteiger partial charge in [0.05, 0.1) is 24.9 Å². The molecule has 2 aromatic rings. The predicted molar refractivity (Wildman–Crippen MR) is 142 cm³/mol. The molecule has 4 heterocycles. The number of hydrogen-bond donors (Lipinski definition) is 3. The molecule has 1 saturated carbocycles. The second kappa shape index (κ2) is 9.08. The number of ether oxygens (including phenoxy) is 1. The zero-order valence-corrected chi connectivity index (χ0v) is 21.6. The number of nitrogens with zero attached hydrogens (tertiary/aromatic N) is 4. The molecule has 2 atom stereocenters. The van der Waals surface area contributed by atoms with Crippen LogP contribution in [0.25, 0.3) is 0 Å². The van der Waals surface area contributed by atoms with E-state index in [4.69, 9.17) is 20.1 Å². The monoisotopic (exact) mass is 490 g/mol. The van der Waals surface area contributed by atoms with Crippen LogP contribution in [0.15, 0.2) is 18.2 Å². The molecule has 6 rings (SSSR count). The highest BCUT2D eigenvalue weighted by atomic mass is 16.5. The van der Waals surface area contributed by atoms with Crippen molar-refractivity contribution >= 4 is 23.5 Å². The zero-order valence-electron chi connectivity index (χ0n) is 21.6. The van der Waals surface area contributed by atoms with Crippen LogP contribution in [0.2, 0.25) is 0 Å². The van der Waals surface area contributed by atoms with Gasteiger partial charge in [0, 0.05) is 48.7 Å². The van der Waals surface area contributed by atoms with Crippen molar-refractivity contribution in [2.75, 3.05) is 36.5 Å². The Bertz CT molecular complexity index is 1150. The fraction of sp³-hybridized carbons (Fsp3) is 0.607. The molecule has 8 heteroatoms. The molecule has 2 unspecified atom stereocenters. The van der Waals surface area contributed by atoms with Gasteiger partial charge in [0.25, 0.3) is 0 Å². The van der Waals surface area contributed by atoms with E-state index in [-0.39, 0.29) is 0 Å². The molecule has 0 amide bonds. The quantitative estimate of drug-likeness (QED) is 0.528. The summed E-state index contributed by atoms with van der Waals surface area (Å²) in [5.74, 6) is 2.94. The van der Waals surface area contributed by atoms with E-state index in [2.05, 4.69) is 40.2 Å². The van der Waals surface area contributed by atoms with E-state index in [1.807, 2.05) is 13.8 Å². The highest BCUT2D eigenvalue weighted by molar-refractivity contribution is 5.88. The number of aryl methyl sites for hydroxylation is 2. The Hall–Kier alpha value is -2.55. The van der Waals surface area contributed by atoms with E-state index in [1.165, 1.54) is 23.8 Å². The molecule has 4 fully saturated rings. The van der Waals surface area contributed by atoms with Crippen LogP contribution in [0.1, 0.15) is 67.5 Å². The van der Waals surface area contributed by atoms with Gasteiger partial charge in [-0.2, -0.15) is 0 Å². The van der Waals surface area contributed by atoms with Gasteiger partial charge in [0.2, 0.25) is 0 Å². The predicted octanol–water partition coefficient (Wildman–Crippen LogP) is 3.91. The largest absolute Gasteiger partial charge is 0.390 e. The van der Waals surface area contributed by atoms with Crippen LogP contribution < -0.4 is 10.2 Å². The number of nitrogens with one attached hydrogen (secondary N) is 2. The molecule has 8 nitrogen and oxygen atoms in total. The van der Waals surface area contributed by atoms with Crippen LogP contribution in [0.5, 0.6) is 0 Å².